The van der Waals surface area contributed by atoms with E-state index in [1.807, 2.05) is 42.6 Å². The average Bonchev–Trinajstić information content (AvgIpc) is 2.86. The van der Waals surface area contributed by atoms with Crippen LogP contribution in [-0.4, -0.2) is 10.2 Å². The van der Waals surface area contributed by atoms with Crippen LogP contribution in [0.5, 0.6) is 0 Å². The normalized spacial score (nSPS) is 12.5. The van der Waals surface area contributed by atoms with E-state index < -0.39 is 0 Å². The van der Waals surface area contributed by atoms with Gasteiger partial charge in [0, 0.05) is 22.1 Å². The van der Waals surface area contributed by atoms with Crippen molar-refractivity contribution in [3.8, 4) is 0 Å². The summed E-state index contributed by atoms with van der Waals surface area (Å²) < 4.78 is 0. The minimum Gasteiger partial charge on any atom is -0.378 e. The minimum atomic E-state index is 0.151. The number of rotatable bonds is 3. The van der Waals surface area contributed by atoms with Gasteiger partial charge in [0.15, 0.2) is 0 Å². The van der Waals surface area contributed by atoms with Gasteiger partial charge in [-0.2, -0.15) is 5.10 Å². The van der Waals surface area contributed by atoms with Gasteiger partial charge in [-0.3, -0.25) is 5.10 Å². The Bertz CT molecular complexity index is 705. The first kappa shape index (κ1) is 12.1. The highest BCUT2D eigenvalue weighted by atomic mass is 35.5. The molecule has 0 radical (unpaired) electrons. The molecule has 0 bridgehead atoms. The third-order valence-corrected chi connectivity index (χ3v) is 3.54. The summed E-state index contributed by atoms with van der Waals surface area (Å²) in [5.74, 6) is 0. The molecule has 0 amide bonds. The molecule has 0 aliphatic carbocycles. The third-order valence-electron chi connectivity index (χ3n) is 3.20. The first-order chi connectivity index (χ1) is 9.24. The Morgan fingerprint density at radius 3 is 2.89 bits per heavy atom. The molecule has 1 atom stereocenters. The van der Waals surface area contributed by atoms with Crippen LogP contribution in [0.2, 0.25) is 5.02 Å². The van der Waals surface area contributed by atoms with Crippen molar-refractivity contribution in [2.75, 3.05) is 5.32 Å². The minimum absolute atomic E-state index is 0.151. The van der Waals surface area contributed by atoms with Crippen LogP contribution in [0.4, 0.5) is 5.69 Å². The molecule has 1 heterocycles. The zero-order chi connectivity index (χ0) is 13.2. The van der Waals surface area contributed by atoms with E-state index in [0.717, 1.165) is 27.2 Å². The molecule has 0 saturated heterocycles. The predicted octanol–water partition coefficient (Wildman–Crippen LogP) is 4.39. The van der Waals surface area contributed by atoms with E-state index in [0.29, 0.717) is 0 Å². The summed E-state index contributed by atoms with van der Waals surface area (Å²) in [4.78, 5) is 0. The smallest absolute Gasteiger partial charge is 0.0651 e. The van der Waals surface area contributed by atoms with Gasteiger partial charge in [-0.15, -0.1) is 0 Å². The summed E-state index contributed by atoms with van der Waals surface area (Å²) >= 11 is 6.21. The molecule has 3 nitrogen and oxygen atoms in total. The first-order valence-electron chi connectivity index (χ1n) is 6.18. The number of nitrogens with one attached hydrogen (secondary N) is 2. The van der Waals surface area contributed by atoms with Crippen molar-refractivity contribution in [3.05, 3.63) is 59.2 Å². The van der Waals surface area contributed by atoms with Gasteiger partial charge in [0.25, 0.3) is 0 Å². The lowest BCUT2D eigenvalue weighted by atomic mass is 10.1. The average molecular weight is 272 g/mol. The molecule has 2 aromatic carbocycles. The number of hydrogen-bond acceptors (Lipinski definition) is 2. The molecule has 2 N–H and O–H groups in total. The van der Waals surface area contributed by atoms with E-state index in [4.69, 9.17) is 11.6 Å². The Balaban J connectivity index is 1.86. The first-order valence-corrected chi connectivity index (χ1v) is 6.56. The van der Waals surface area contributed by atoms with Gasteiger partial charge >= 0.3 is 0 Å². The van der Waals surface area contributed by atoms with Crippen molar-refractivity contribution in [3.63, 3.8) is 0 Å². The number of anilines is 1. The van der Waals surface area contributed by atoms with E-state index in [-0.39, 0.29) is 6.04 Å². The summed E-state index contributed by atoms with van der Waals surface area (Å²) in [6.07, 6.45) is 1.82. The molecule has 96 valence electrons. The lowest BCUT2D eigenvalue weighted by Gasteiger charge is -2.17. The monoisotopic (exact) mass is 271 g/mol. The Hall–Kier alpha value is -2.00. The van der Waals surface area contributed by atoms with Crippen molar-refractivity contribution in [2.45, 2.75) is 13.0 Å². The van der Waals surface area contributed by atoms with E-state index in [1.54, 1.807) is 0 Å². The van der Waals surface area contributed by atoms with Gasteiger partial charge < -0.3 is 5.32 Å². The SMILES string of the molecule is CC(Nc1ccc2[nH]ncc2c1)c1ccccc1Cl. The Morgan fingerprint density at radius 1 is 1.21 bits per heavy atom. The second-order valence-corrected chi connectivity index (χ2v) is 4.97. The highest BCUT2D eigenvalue weighted by Gasteiger charge is 2.09. The third kappa shape index (κ3) is 2.42. The summed E-state index contributed by atoms with van der Waals surface area (Å²) in [6, 6.07) is 14.2. The zero-order valence-electron chi connectivity index (χ0n) is 10.5. The molecule has 0 fully saturated rings. The van der Waals surface area contributed by atoms with E-state index in [1.165, 1.54) is 0 Å². The molecule has 19 heavy (non-hydrogen) atoms. The maximum atomic E-state index is 6.21. The number of halogens is 1. The van der Waals surface area contributed by atoms with Crippen LogP contribution in [-0.2, 0) is 0 Å². The standard InChI is InChI=1S/C15H14ClN3/c1-10(13-4-2-3-5-14(13)16)18-12-6-7-15-11(8-12)9-17-19-15/h2-10,18H,1H3,(H,17,19). The fourth-order valence-corrected chi connectivity index (χ4v) is 2.49. The fourth-order valence-electron chi connectivity index (χ4n) is 2.19. The van der Waals surface area contributed by atoms with Crippen LogP contribution < -0.4 is 5.32 Å². The molecule has 0 saturated carbocycles. The topological polar surface area (TPSA) is 40.7 Å². The Kier molecular flexibility index (Phi) is 3.13. The maximum absolute atomic E-state index is 6.21. The van der Waals surface area contributed by atoms with Gasteiger partial charge in [0.1, 0.15) is 0 Å². The molecule has 4 heteroatoms. The van der Waals surface area contributed by atoms with Crippen molar-refractivity contribution >= 4 is 28.2 Å². The largest absolute Gasteiger partial charge is 0.378 e. The molecule has 0 aliphatic rings. The molecule has 1 unspecified atom stereocenters. The molecule has 3 aromatic rings. The quantitative estimate of drug-likeness (QED) is 0.742. The zero-order valence-corrected chi connectivity index (χ0v) is 11.3. The lowest BCUT2D eigenvalue weighted by molar-refractivity contribution is 0.885. The van der Waals surface area contributed by atoms with Crippen LogP contribution in [0.1, 0.15) is 18.5 Å². The Morgan fingerprint density at radius 2 is 2.05 bits per heavy atom. The molecule has 0 aliphatic heterocycles. The number of H-pyrrole nitrogens is 1. The molecular formula is C15H14ClN3. The number of aromatic nitrogens is 2. The highest BCUT2D eigenvalue weighted by Crippen LogP contribution is 2.26. The van der Waals surface area contributed by atoms with E-state index >= 15 is 0 Å². The van der Waals surface area contributed by atoms with E-state index in [2.05, 4.69) is 28.5 Å². The van der Waals surface area contributed by atoms with Crippen LogP contribution in [0.15, 0.2) is 48.7 Å². The molecule has 3 rings (SSSR count). The van der Waals surface area contributed by atoms with Gasteiger partial charge in [-0.05, 0) is 36.8 Å². The summed E-state index contributed by atoms with van der Waals surface area (Å²) in [6.45, 7) is 2.10. The summed E-state index contributed by atoms with van der Waals surface area (Å²) in [7, 11) is 0. The number of aromatic amines is 1. The van der Waals surface area contributed by atoms with E-state index in [9.17, 15) is 0 Å². The second kappa shape index (κ2) is 4.94. The summed E-state index contributed by atoms with van der Waals surface area (Å²) in [5, 5.41) is 12.3. The van der Waals surface area contributed by atoms with Crippen molar-refractivity contribution in [1.82, 2.24) is 10.2 Å². The fraction of sp³-hybridized carbons (Fsp3) is 0.133. The molecule has 0 spiro atoms. The second-order valence-electron chi connectivity index (χ2n) is 4.56. The molecule has 1 aromatic heterocycles. The van der Waals surface area contributed by atoms with Crippen molar-refractivity contribution in [2.24, 2.45) is 0 Å². The van der Waals surface area contributed by atoms with Crippen molar-refractivity contribution in [1.29, 1.82) is 0 Å². The summed E-state index contributed by atoms with van der Waals surface area (Å²) in [5.41, 5.74) is 3.19. The highest BCUT2D eigenvalue weighted by molar-refractivity contribution is 6.31. The van der Waals surface area contributed by atoms with Crippen LogP contribution in [0.3, 0.4) is 0 Å². The number of nitrogens with zero attached hydrogens (tertiary/aromatic N) is 1. The van der Waals surface area contributed by atoms with Crippen molar-refractivity contribution < 1.29 is 0 Å². The van der Waals surface area contributed by atoms with Gasteiger partial charge in [0.2, 0.25) is 0 Å². The van der Waals surface area contributed by atoms with Gasteiger partial charge in [-0.1, -0.05) is 29.8 Å². The predicted molar refractivity (Wildman–Crippen MR) is 79.6 cm³/mol. The van der Waals surface area contributed by atoms with Gasteiger partial charge in [-0.25, -0.2) is 0 Å². The van der Waals surface area contributed by atoms with Crippen LogP contribution in [0, 0.1) is 0 Å². The van der Waals surface area contributed by atoms with Crippen LogP contribution in [0.25, 0.3) is 10.9 Å². The Labute approximate surface area is 116 Å². The van der Waals surface area contributed by atoms with Gasteiger partial charge in [0.05, 0.1) is 11.7 Å². The number of hydrogen-bond donors (Lipinski definition) is 2. The maximum Gasteiger partial charge on any atom is 0.0651 e. The number of benzene rings is 2. The molecular weight excluding hydrogens is 258 g/mol. The van der Waals surface area contributed by atoms with Crippen LogP contribution >= 0.6 is 11.6 Å². The number of fused-ring (bicyclic) bond motifs is 1. The lowest BCUT2D eigenvalue weighted by Crippen LogP contribution is -2.06.